The molecule has 0 aliphatic heterocycles. The lowest BCUT2D eigenvalue weighted by Gasteiger charge is -1.88. The zero-order valence-electron chi connectivity index (χ0n) is 9.92. The predicted molar refractivity (Wildman–Crippen MR) is 64.2 cm³/mol. The molecular weight excluding hydrogens is 327 g/mol. The van der Waals surface area contributed by atoms with Crippen molar-refractivity contribution in [1.82, 2.24) is 0 Å². The van der Waals surface area contributed by atoms with Crippen molar-refractivity contribution in [2.24, 2.45) is 0 Å². The Hall–Kier alpha value is -1.23. The first-order valence-corrected chi connectivity index (χ1v) is 7.38. The first kappa shape index (κ1) is 12.2. The molecule has 0 aliphatic rings. The molecule has 0 saturated heterocycles. The van der Waals surface area contributed by atoms with Crippen molar-refractivity contribution < 1.29 is 30.0 Å². The van der Waals surface area contributed by atoms with Crippen LogP contribution in [0.1, 0.15) is 25.4 Å². The van der Waals surface area contributed by atoms with Crippen LogP contribution in [0.2, 0.25) is 0 Å². The maximum atomic E-state index is 5.69. The van der Waals surface area contributed by atoms with Crippen LogP contribution >= 0.6 is 0 Å². The maximum absolute atomic E-state index is 5.69. The lowest BCUT2D eigenvalue weighted by molar-refractivity contribution is -0.636. The molecule has 2 aromatic rings. The number of allylic oxidation sites excluding steroid dienone is 2. The van der Waals surface area contributed by atoms with Gasteiger partial charge in [-0.1, -0.05) is 13.2 Å². The van der Waals surface area contributed by atoms with Crippen molar-refractivity contribution in [3.8, 4) is 0 Å². The summed E-state index contributed by atoms with van der Waals surface area (Å²) in [5.41, 5.74) is 1.89. The topological polar surface area (TPSA) is 26.3 Å². The lowest BCUT2D eigenvalue weighted by Crippen LogP contribution is -3.61. The fourth-order valence-corrected chi connectivity index (χ4v) is 3.22. The Morgan fingerprint density at radius 3 is 1.59 bits per heavy atom. The van der Waals surface area contributed by atoms with Crippen LogP contribution < -0.4 is 21.2 Å². The zero-order valence-corrected chi connectivity index (χ0v) is 12.1. The lowest BCUT2D eigenvalue weighted by atomic mass is 10.3. The van der Waals surface area contributed by atoms with E-state index in [9.17, 15) is 0 Å². The Bertz CT molecular complexity index is 510. The van der Waals surface area contributed by atoms with E-state index >= 15 is 0 Å². The fourth-order valence-electron chi connectivity index (χ4n) is 1.28. The molecule has 0 radical (unpaired) electrons. The summed E-state index contributed by atoms with van der Waals surface area (Å²) in [4.78, 5) is 0. The number of halogens is 1. The van der Waals surface area contributed by atoms with Gasteiger partial charge >= 0.3 is 28.7 Å². The van der Waals surface area contributed by atoms with Gasteiger partial charge in [-0.05, 0) is 37.1 Å². The maximum Gasteiger partial charge on any atom is 0.443 e. The molecule has 0 spiro atoms. The minimum Gasteiger partial charge on any atom is -0.418 e. The Morgan fingerprint density at radius 1 is 0.882 bits per heavy atom. The normalized spacial score (nSPS) is 10.5. The molecule has 2 aromatic heterocycles. The van der Waals surface area contributed by atoms with Crippen LogP contribution in [-0.2, 0) is 0 Å². The van der Waals surface area contributed by atoms with Crippen LogP contribution in [0.5, 0.6) is 0 Å². The molecule has 0 amide bonds. The molecule has 3 heteroatoms. The van der Waals surface area contributed by atoms with Gasteiger partial charge in [-0.2, -0.15) is 0 Å². The first-order chi connectivity index (χ1) is 8.06. The van der Waals surface area contributed by atoms with Gasteiger partial charge < -0.3 is 8.83 Å². The molecule has 0 unspecified atom stereocenters. The molecule has 0 atom stereocenters. The van der Waals surface area contributed by atoms with Crippen LogP contribution in [0, 0.1) is 7.53 Å². The van der Waals surface area contributed by atoms with Crippen molar-refractivity contribution in [2.45, 2.75) is 13.8 Å². The Labute approximate surface area is 111 Å². The van der Waals surface area contributed by atoms with Crippen LogP contribution in [0.25, 0.3) is 11.1 Å². The molecule has 2 rings (SSSR count). The third-order valence-electron chi connectivity index (χ3n) is 2.17. The summed E-state index contributed by atoms with van der Waals surface area (Å²) in [7, 11) is 0. The fraction of sp³-hybridized carbons (Fsp3) is 0.143. The molecule has 0 aromatic carbocycles. The van der Waals surface area contributed by atoms with E-state index < -0.39 is 21.2 Å². The van der Waals surface area contributed by atoms with E-state index in [4.69, 9.17) is 8.83 Å². The third-order valence-corrected chi connectivity index (χ3v) is 4.40. The van der Waals surface area contributed by atoms with Crippen molar-refractivity contribution >= 4 is 11.1 Å². The Balaban J connectivity index is 2.13. The summed E-state index contributed by atoms with van der Waals surface area (Å²) in [6.07, 6.45) is 0. The second-order valence-corrected chi connectivity index (χ2v) is 6.53. The minimum absolute atomic E-state index is 0.396. The summed E-state index contributed by atoms with van der Waals surface area (Å²) in [5.74, 6) is 1.71. The summed E-state index contributed by atoms with van der Waals surface area (Å²) < 4.78 is 13.4. The van der Waals surface area contributed by atoms with Gasteiger partial charge in [-0.3, -0.25) is 0 Å². The summed E-state index contributed by atoms with van der Waals surface area (Å²) in [6.45, 7) is 11.6. The molecule has 17 heavy (non-hydrogen) atoms. The van der Waals surface area contributed by atoms with Gasteiger partial charge in [0.05, 0.1) is 0 Å². The van der Waals surface area contributed by atoms with Gasteiger partial charge in [0.2, 0.25) is 0 Å². The van der Waals surface area contributed by atoms with Gasteiger partial charge in [-0.25, -0.2) is 0 Å². The standard InChI is InChI=1S/C14H14IO2/c1-9(2)11-5-7-13(16-11)15-14-8-6-12(17-14)10(3)4/h5-8H,1,3H2,2,4H3/q+1. The molecule has 0 N–H and O–H groups in total. The predicted octanol–water partition coefficient (Wildman–Crippen LogP) is 1.07. The molecule has 88 valence electrons. The van der Waals surface area contributed by atoms with Crippen molar-refractivity contribution in [2.75, 3.05) is 0 Å². The van der Waals surface area contributed by atoms with E-state index in [0.29, 0.717) is 0 Å². The molecule has 0 fully saturated rings. The molecule has 0 aliphatic carbocycles. The first-order valence-electron chi connectivity index (χ1n) is 5.22. The van der Waals surface area contributed by atoms with Gasteiger partial charge in [0.1, 0.15) is 11.5 Å². The van der Waals surface area contributed by atoms with Gasteiger partial charge in [0.25, 0.3) is 0 Å². The third kappa shape index (κ3) is 2.91. The van der Waals surface area contributed by atoms with E-state index in [2.05, 4.69) is 13.2 Å². The molecule has 0 saturated carbocycles. The zero-order chi connectivity index (χ0) is 12.4. The average Bonchev–Trinajstić information content (AvgIpc) is 2.87. The Morgan fingerprint density at radius 2 is 1.29 bits per heavy atom. The highest BCUT2D eigenvalue weighted by atomic mass is 127. The minimum atomic E-state index is -0.396. The largest absolute Gasteiger partial charge is 0.443 e. The quantitative estimate of drug-likeness (QED) is 0.778. The van der Waals surface area contributed by atoms with Gasteiger partial charge in [0, 0.05) is 12.1 Å². The van der Waals surface area contributed by atoms with E-state index in [1.165, 1.54) is 0 Å². The van der Waals surface area contributed by atoms with Gasteiger partial charge in [-0.15, -0.1) is 0 Å². The highest BCUT2D eigenvalue weighted by Gasteiger charge is 2.24. The summed E-state index contributed by atoms with van der Waals surface area (Å²) in [5, 5.41) is 0. The number of rotatable bonds is 4. The van der Waals surface area contributed by atoms with Crippen LogP contribution in [-0.4, -0.2) is 0 Å². The van der Waals surface area contributed by atoms with Crippen molar-refractivity contribution in [3.63, 3.8) is 0 Å². The van der Waals surface area contributed by atoms with Crippen LogP contribution in [0.3, 0.4) is 0 Å². The van der Waals surface area contributed by atoms with E-state index in [1.54, 1.807) is 0 Å². The molecule has 2 heterocycles. The number of hydrogen-bond donors (Lipinski definition) is 0. The van der Waals surface area contributed by atoms with Crippen molar-refractivity contribution in [1.29, 1.82) is 0 Å². The van der Waals surface area contributed by atoms with Gasteiger partial charge in [0.15, 0.2) is 0 Å². The second kappa shape index (κ2) is 4.96. The number of furan rings is 2. The van der Waals surface area contributed by atoms with E-state index in [-0.39, 0.29) is 0 Å². The SMILES string of the molecule is C=C(C)c1ccc([I+]c2ccc(C(=C)C)o2)o1. The highest BCUT2D eigenvalue weighted by Crippen LogP contribution is 2.12. The van der Waals surface area contributed by atoms with Crippen molar-refractivity contribution in [3.05, 3.63) is 56.5 Å². The number of hydrogen-bond acceptors (Lipinski definition) is 2. The van der Waals surface area contributed by atoms with E-state index in [0.717, 1.165) is 30.2 Å². The van der Waals surface area contributed by atoms with E-state index in [1.807, 2.05) is 38.1 Å². The summed E-state index contributed by atoms with van der Waals surface area (Å²) >= 11 is -0.396. The highest BCUT2D eigenvalue weighted by molar-refractivity contribution is 5.56. The molecular formula is C14H14IO2+. The smallest absolute Gasteiger partial charge is 0.418 e. The van der Waals surface area contributed by atoms with Crippen LogP contribution in [0.15, 0.2) is 46.3 Å². The monoisotopic (exact) mass is 341 g/mol. The average molecular weight is 341 g/mol. The van der Waals surface area contributed by atoms with Crippen LogP contribution in [0.4, 0.5) is 0 Å². The molecule has 2 nitrogen and oxygen atoms in total. The second-order valence-electron chi connectivity index (χ2n) is 3.86. The molecule has 0 bridgehead atoms. The Kier molecular flexibility index (Phi) is 3.57. The summed E-state index contributed by atoms with van der Waals surface area (Å²) in [6, 6.07) is 7.92.